The molecule has 128 valence electrons. The quantitative estimate of drug-likeness (QED) is 0.846. The van der Waals surface area contributed by atoms with Crippen molar-refractivity contribution in [2.75, 3.05) is 20.1 Å². The van der Waals surface area contributed by atoms with Gasteiger partial charge >= 0.3 is 0 Å². The van der Waals surface area contributed by atoms with Gasteiger partial charge in [0.15, 0.2) is 0 Å². The number of sulfonamides is 1. The predicted molar refractivity (Wildman–Crippen MR) is 90.9 cm³/mol. The smallest absolute Gasteiger partial charge is 0.244 e. The van der Waals surface area contributed by atoms with Crippen LogP contribution >= 0.6 is 0 Å². The van der Waals surface area contributed by atoms with Gasteiger partial charge in [-0.15, -0.1) is 0 Å². The fraction of sp³-hybridized carbons (Fsp3) is 0.588. The maximum atomic E-state index is 13.2. The third kappa shape index (κ3) is 3.28. The summed E-state index contributed by atoms with van der Waals surface area (Å²) in [5.74, 6) is -0.115. The molecule has 1 atom stereocenters. The number of amides is 1. The molecule has 23 heavy (non-hydrogen) atoms. The lowest BCUT2D eigenvalue weighted by molar-refractivity contribution is -0.133. The molecular weight excluding hydrogens is 312 g/mol. The summed E-state index contributed by atoms with van der Waals surface area (Å²) < 4.78 is 27.7. The molecule has 1 amide bonds. The van der Waals surface area contributed by atoms with Gasteiger partial charge in [-0.25, -0.2) is 8.42 Å². The Bertz CT molecular complexity index is 690. The Balaban J connectivity index is 2.45. The number of hydrogen-bond donors (Lipinski definition) is 0. The van der Waals surface area contributed by atoms with Gasteiger partial charge in [0.2, 0.25) is 15.9 Å². The molecule has 1 unspecified atom stereocenters. The first-order chi connectivity index (χ1) is 10.7. The first-order valence-corrected chi connectivity index (χ1v) is 9.48. The van der Waals surface area contributed by atoms with Crippen LogP contribution in [-0.2, 0) is 14.8 Å². The lowest BCUT2D eigenvalue weighted by Gasteiger charge is -2.28. The zero-order valence-corrected chi connectivity index (χ0v) is 15.4. The second-order valence-electron chi connectivity index (χ2n) is 6.35. The zero-order valence-electron chi connectivity index (χ0n) is 14.6. The highest BCUT2D eigenvalue weighted by atomic mass is 32.2. The van der Waals surface area contributed by atoms with Crippen molar-refractivity contribution in [2.24, 2.45) is 0 Å². The van der Waals surface area contributed by atoms with E-state index in [1.54, 1.807) is 11.9 Å². The van der Waals surface area contributed by atoms with E-state index in [2.05, 4.69) is 0 Å². The third-order valence-corrected chi connectivity index (χ3v) is 6.73. The fourth-order valence-electron chi connectivity index (χ4n) is 3.38. The van der Waals surface area contributed by atoms with Crippen molar-refractivity contribution >= 4 is 15.9 Å². The fourth-order valence-corrected chi connectivity index (χ4v) is 5.44. The number of nitrogens with zero attached hydrogens (tertiary/aromatic N) is 2. The SMILES string of the molecule is CCN(C)C(=O)C1CCCN1S(=O)(=O)c1c(C)cc(C)cc1C. The van der Waals surface area contributed by atoms with E-state index in [1.165, 1.54) is 4.31 Å². The number of hydrogen-bond acceptors (Lipinski definition) is 3. The minimum absolute atomic E-state index is 0.115. The second-order valence-corrected chi connectivity index (χ2v) is 8.18. The van der Waals surface area contributed by atoms with Gasteiger partial charge in [0.1, 0.15) is 6.04 Å². The summed E-state index contributed by atoms with van der Waals surface area (Å²) in [7, 11) is -1.95. The molecular formula is C17H26N2O3S. The molecule has 0 radical (unpaired) electrons. The number of likely N-dealkylation sites (N-methyl/N-ethyl adjacent to an activating group) is 1. The molecule has 5 nitrogen and oxygen atoms in total. The number of carbonyl (C=O) groups is 1. The molecule has 1 saturated heterocycles. The minimum atomic E-state index is -3.67. The van der Waals surface area contributed by atoms with Crippen LogP contribution in [0.1, 0.15) is 36.5 Å². The monoisotopic (exact) mass is 338 g/mol. The van der Waals surface area contributed by atoms with Gasteiger partial charge in [0, 0.05) is 20.1 Å². The standard InChI is InChI=1S/C17H26N2O3S/c1-6-18(5)17(20)15-8-7-9-19(15)23(21,22)16-13(3)10-12(2)11-14(16)4/h10-11,15H,6-9H2,1-5H3. The molecule has 1 aliphatic rings. The Labute approximate surface area is 139 Å². The summed E-state index contributed by atoms with van der Waals surface area (Å²) >= 11 is 0. The maximum Gasteiger partial charge on any atom is 0.244 e. The van der Waals surface area contributed by atoms with Crippen LogP contribution in [0.25, 0.3) is 0 Å². The Hall–Kier alpha value is -1.40. The van der Waals surface area contributed by atoms with Crippen molar-refractivity contribution in [3.05, 3.63) is 28.8 Å². The Morgan fingerprint density at radius 3 is 2.35 bits per heavy atom. The normalized spacial score (nSPS) is 19.1. The van der Waals surface area contributed by atoms with E-state index in [9.17, 15) is 13.2 Å². The van der Waals surface area contributed by atoms with E-state index in [1.807, 2.05) is 39.8 Å². The van der Waals surface area contributed by atoms with Crippen molar-refractivity contribution in [3.8, 4) is 0 Å². The molecule has 2 rings (SSSR count). The van der Waals surface area contributed by atoms with Crippen LogP contribution in [0.15, 0.2) is 17.0 Å². The van der Waals surface area contributed by atoms with Crippen molar-refractivity contribution in [1.82, 2.24) is 9.21 Å². The molecule has 0 aromatic heterocycles. The second kappa shape index (κ2) is 6.61. The van der Waals surface area contributed by atoms with Gasteiger partial charge < -0.3 is 4.90 Å². The highest BCUT2D eigenvalue weighted by Gasteiger charge is 2.41. The summed E-state index contributed by atoms with van der Waals surface area (Å²) in [4.78, 5) is 14.4. The molecule has 1 heterocycles. The van der Waals surface area contributed by atoms with Gasteiger partial charge in [-0.05, 0) is 51.7 Å². The molecule has 0 bridgehead atoms. The average molecular weight is 338 g/mol. The van der Waals surface area contributed by atoms with Crippen LogP contribution in [-0.4, -0.2) is 49.7 Å². The predicted octanol–water partition coefficient (Wildman–Crippen LogP) is 2.24. The lowest BCUT2D eigenvalue weighted by atomic mass is 10.1. The van der Waals surface area contributed by atoms with E-state index in [-0.39, 0.29) is 5.91 Å². The third-order valence-electron chi connectivity index (χ3n) is 4.51. The number of rotatable bonds is 4. The largest absolute Gasteiger partial charge is 0.345 e. The lowest BCUT2D eigenvalue weighted by Crippen LogP contribution is -2.46. The van der Waals surface area contributed by atoms with Gasteiger partial charge in [-0.2, -0.15) is 4.31 Å². The van der Waals surface area contributed by atoms with Crippen LogP contribution in [0.2, 0.25) is 0 Å². The number of benzene rings is 1. The van der Waals surface area contributed by atoms with Gasteiger partial charge in [0.25, 0.3) is 0 Å². The molecule has 0 saturated carbocycles. The first kappa shape index (κ1) is 17.9. The average Bonchev–Trinajstić information content (AvgIpc) is 2.94. The Morgan fingerprint density at radius 2 is 1.83 bits per heavy atom. The van der Waals surface area contributed by atoms with Crippen LogP contribution in [0.5, 0.6) is 0 Å². The molecule has 0 N–H and O–H groups in total. The summed E-state index contributed by atoms with van der Waals surface area (Å²) in [5, 5.41) is 0. The summed E-state index contributed by atoms with van der Waals surface area (Å²) in [6, 6.07) is 3.18. The van der Waals surface area contributed by atoms with Crippen LogP contribution in [0.4, 0.5) is 0 Å². The number of carbonyl (C=O) groups excluding carboxylic acids is 1. The van der Waals surface area contributed by atoms with Crippen LogP contribution in [0.3, 0.4) is 0 Å². The van der Waals surface area contributed by atoms with Gasteiger partial charge in [-0.1, -0.05) is 17.7 Å². The molecule has 0 spiro atoms. The summed E-state index contributed by atoms with van der Waals surface area (Å²) in [5.41, 5.74) is 2.52. The molecule has 0 aliphatic carbocycles. The van der Waals surface area contributed by atoms with Gasteiger partial charge in [0.05, 0.1) is 4.90 Å². The van der Waals surface area contributed by atoms with Crippen molar-refractivity contribution in [3.63, 3.8) is 0 Å². The Kier molecular flexibility index (Phi) is 5.16. The summed E-state index contributed by atoms with van der Waals surface area (Å²) in [6.45, 7) is 8.46. The topological polar surface area (TPSA) is 57.7 Å². The summed E-state index contributed by atoms with van der Waals surface area (Å²) in [6.07, 6.45) is 1.31. The molecule has 1 aliphatic heterocycles. The highest BCUT2D eigenvalue weighted by Crippen LogP contribution is 2.31. The van der Waals surface area contributed by atoms with Crippen molar-refractivity contribution in [2.45, 2.75) is 51.5 Å². The van der Waals surface area contributed by atoms with Gasteiger partial charge in [-0.3, -0.25) is 4.79 Å². The minimum Gasteiger partial charge on any atom is -0.345 e. The first-order valence-electron chi connectivity index (χ1n) is 8.04. The van der Waals surface area contributed by atoms with Crippen molar-refractivity contribution in [1.29, 1.82) is 0 Å². The molecule has 6 heteroatoms. The molecule has 1 aromatic carbocycles. The van der Waals surface area contributed by atoms with Crippen molar-refractivity contribution < 1.29 is 13.2 Å². The van der Waals surface area contributed by atoms with E-state index in [4.69, 9.17) is 0 Å². The maximum absolute atomic E-state index is 13.2. The van der Waals surface area contributed by atoms with E-state index >= 15 is 0 Å². The highest BCUT2D eigenvalue weighted by molar-refractivity contribution is 7.89. The zero-order chi connectivity index (χ0) is 17.4. The van der Waals surface area contributed by atoms with E-state index in [0.717, 1.165) is 23.1 Å². The van der Waals surface area contributed by atoms with E-state index in [0.29, 0.717) is 24.4 Å². The van der Waals surface area contributed by atoms with Crippen LogP contribution < -0.4 is 0 Å². The molecule has 1 aromatic rings. The molecule has 1 fully saturated rings. The van der Waals surface area contributed by atoms with E-state index < -0.39 is 16.1 Å². The number of aryl methyl sites for hydroxylation is 3. The van der Waals surface area contributed by atoms with Crippen LogP contribution in [0, 0.1) is 20.8 Å². The Morgan fingerprint density at radius 1 is 1.26 bits per heavy atom.